The van der Waals surface area contributed by atoms with Crippen LogP contribution in [0.1, 0.15) is 5.56 Å². The van der Waals surface area contributed by atoms with Gasteiger partial charge in [0.15, 0.2) is 0 Å². The van der Waals surface area contributed by atoms with Crippen molar-refractivity contribution in [2.24, 2.45) is 0 Å². The maximum Gasteiger partial charge on any atom is 0.319 e. The number of hydrogen-bond donors (Lipinski definition) is 3. The Bertz CT molecular complexity index is 793. The molecular formula is C18H19N3O2. The summed E-state index contributed by atoms with van der Waals surface area (Å²) < 4.78 is 5.08. The average molecular weight is 309 g/mol. The van der Waals surface area contributed by atoms with Gasteiger partial charge in [0, 0.05) is 29.3 Å². The lowest BCUT2D eigenvalue weighted by atomic mass is 10.1. The zero-order valence-electron chi connectivity index (χ0n) is 12.9. The zero-order chi connectivity index (χ0) is 16.1. The number of hydrogen-bond acceptors (Lipinski definition) is 2. The summed E-state index contributed by atoms with van der Waals surface area (Å²) >= 11 is 0. The minimum absolute atomic E-state index is 0.213. The van der Waals surface area contributed by atoms with Gasteiger partial charge in [0.2, 0.25) is 0 Å². The molecular weight excluding hydrogens is 290 g/mol. The van der Waals surface area contributed by atoms with Crippen molar-refractivity contribution in [1.29, 1.82) is 0 Å². The summed E-state index contributed by atoms with van der Waals surface area (Å²) in [6, 6.07) is 15.2. The molecule has 0 spiro atoms. The van der Waals surface area contributed by atoms with Crippen LogP contribution in [0.2, 0.25) is 0 Å². The van der Waals surface area contributed by atoms with E-state index in [-0.39, 0.29) is 6.03 Å². The Morgan fingerprint density at radius 3 is 2.70 bits per heavy atom. The van der Waals surface area contributed by atoms with Crippen LogP contribution in [0.3, 0.4) is 0 Å². The number of rotatable bonds is 5. The number of anilines is 1. The highest BCUT2D eigenvalue weighted by Gasteiger charge is 2.05. The number of fused-ring (bicyclic) bond motifs is 1. The summed E-state index contributed by atoms with van der Waals surface area (Å²) in [5.74, 6) is 0.760. The molecule has 0 aliphatic carbocycles. The van der Waals surface area contributed by atoms with E-state index >= 15 is 0 Å². The predicted octanol–water partition coefficient (Wildman–Crippen LogP) is 3.54. The zero-order valence-corrected chi connectivity index (χ0v) is 12.9. The lowest BCUT2D eigenvalue weighted by molar-refractivity contribution is 0.252. The third-order valence-electron chi connectivity index (χ3n) is 3.70. The second kappa shape index (κ2) is 6.87. The number of aromatic nitrogens is 1. The molecule has 118 valence electrons. The van der Waals surface area contributed by atoms with Gasteiger partial charge in [0.25, 0.3) is 0 Å². The van der Waals surface area contributed by atoms with Gasteiger partial charge in [0.05, 0.1) is 7.11 Å². The third kappa shape index (κ3) is 3.63. The van der Waals surface area contributed by atoms with Crippen LogP contribution in [-0.2, 0) is 6.42 Å². The highest BCUT2D eigenvalue weighted by molar-refractivity contribution is 5.89. The molecule has 0 aliphatic rings. The van der Waals surface area contributed by atoms with Crippen LogP contribution in [0.25, 0.3) is 10.9 Å². The molecule has 5 nitrogen and oxygen atoms in total. The first-order chi connectivity index (χ1) is 11.3. The number of benzene rings is 2. The van der Waals surface area contributed by atoms with Crippen LogP contribution in [0.15, 0.2) is 54.7 Å². The van der Waals surface area contributed by atoms with E-state index in [1.165, 1.54) is 10.9 Å². The van der Waals surface area contributed by atoms with E-state index in [9.17, 15) is 4.79 Å². The van der Waals surface area contributed by atoms with Crippen LogP contribution in [0.5, 0.6) is 5.75 Å². The Morgan fingerprint density at radius 2 is 1.91 bits per heavy atom. The molecule has 2 amide bonds. The van der Waals surface area contributed by atoms with E-state index in [2.05, 4.69) is 21.7 Å². The number of H-pyrrole nitrogens is 1. The fourth-order valence-electron chi connectivity index (χ4n) is 2.50. The molecule has 5 heteroatoms. The van der Waals surface area contributed by atoms with Crippen molar-refractivity contribution < 1.29 is 9.53 Å². The predicted molar refractivity (Wildman–Crippen MR) is 92.0 cm³/mol. The maximum absolute atomic E-state index is 11.9. The number of para-hydroxylation sites is 1. The van der Waals surface area contributed by atoms with Gasteiger partial charge in [-0.05, 0) is 42.3 Å². The number of methoxy groups -OCH3 is 1. The average Bonchev–Trinajstić information content (AvgIpc) is 2.99. The van der Waals surface area contributed by atoms with Gasteiger partial charge in [-0.15, -0.1) is 0 Å². The standard InChI is InChI=1S/C18H19N3O2/c1-23-15-8-6-14(7-9-15)21-18(22)19-11-10-13-12-20-17-5-3-2-4-16(13)17/h2-9,12,20H,10-11H2,1H3,(H2,19,21,22). The molecule has 0 unspecified atom stereocenters. The molecule has 0 aliphatic heterocycles. The number of nitrogens with one attached hydrogen (secondary N) is 3. The first-order valence-corrected chi connectivity index (χ1v) is 7.50. The molecule has 0 saturated heterocycles. The summed E-state index contributed by atoms with van der Waals surface area (Å²) in [6.07, 6.45) is 2.77. The van der Waals surface area contributed by atoms with Gasteiger partial charge in [-0.1, -0.05) is 18.2 Å². The molecule has 3 N–H and O–H groups in total. The quantitative estimate of drug-likeness (QED) is 0.675. The summed E-state index contributed by atoms with van der Waals surface area (Å²) in [5.41, 5.74) is 3.05. The molecule has 1 aromatic heterocycles. The van der Waals surface area contributed by atoms with Crippen molar-refractivity contribution in [1.82, 2.24) is 10.3 Å². The van der Waals surface area contributed by atoms with Gasteiger partial charge in [0.1, 0.15) is 5.75 Å². The summed E-state index contributed by atoms with van der Waals surface area (Å²) in [7, 11) is 1.61. The monoisotopic (exact) mass is 309 g/mol. The van der Waals surface area contributed by atoms with E-state index in [0.717, 1.165) is 23.4 Å². The number of carbonyl (C=O) groups is 1. The highest BCUT2D eigenvalue weighted by atomic mass is 16.5. The van der Waals surface area contributed by atoms with Crippen molar-refractivity contribution >= 4 is 22.6 Å². The molecule has 0 bridgehead atoms. The van der Waals surface area contributed by atoms with Crippen LogP contribution in [-0.4, -0.2) is 24.7 Å². The minimum atomic E-state index is -0.213. The van der Waals surface area contributed by atoms with Gasteiger partial charge in [-0.3, -0.25) is 0 Å². The van der Waals surface area contributed by atoms with Crippen LogP contribution in [0, 0.1) is 0 Å². The van der Waals surface area contributed by atoms with Crippen molar-refractivity contribution in [3.8, 4) is 5.75 Å². The Morgan fingerprint density at radius 1 is 1.13 bits per heavy atom. The third-order valence-corrected chi connectivity index (χ3v) is 3.70. The number of amides is 2. The topological polar surface area (TPSA) is 66.2 Å². The van der Waals surface area contributed by atoms with Crippen LogP contribution >= 0.6 is 0 Å². The first-order valence-electron chi connectivity index (χ1n) is 7.50. The van der Waals surface area contributed by atoms with E-state index in [1.54, 1.807) is 19.2 Å². The van der Waals surface area contributed by atoms with Gasteiger partial charge in [-0.25, -0.2) is 4.79 Å². The molecule has 0 saturated carbocycles. The second-order valence-corrected chi connectivity index (χ2v) is 5.22. The number of carbonyl (C=O) groups excluding carboxylic acids is 1. The number of ether oxygens (including phenoxy) is 1. The second-order valence-electron chi connectivity index (χ2n) is 5.22. The van der Waals surface area contributed by atoms with E-state index < -0.39 is 0 Å². The Labute approximate surface area is 134 Å². The largest absolute Gasteiger partial charge is 0.497 e. The van der Waals surface area contributed by atoms with Crippen molar-refractivity contribution in [2.45, 2.75) is 6.42 Å². The van der Waals surface area contributed by atoms with Gasteiger partial charge < -0.3 is 20.4 Å². The maximum atomic E-state index is 11.9. The summed E-state index contributed by atoms with van der Waals surface area (Å²) in [4.78, 5) is 15.1. The normalized spacial score (nSPS) is 10.5. The molecule has 0 atom stereocenters. The van der Waals surface area contributed by atoms with E-state index in [0.29, 0.717) is 6.54 Å². The SMILES string of the molecule is COc1ccc(NC(=O)NCCc2c[nH]c3ccccc23)cc1. The Kier molecular flexibility index (Phi) is 4.47. The fraction of sp³-hybridized carbons (Fsp3) is 0.167. The van der Waals surface area contributed by atoms with Crippen molar-refractivity contribution in [3.05, 3.63) is 60.3 Å². The minimum Gasteiger partial charge on any atom is -0.497 e. The van der Waals surface area contributed by atoms with Crippen molar-refractivity contribution in [2.75, 3.05) is 19.0 Å². The van der Waals surface area contributed by atoms with E-state index in [1.807, 2.05) is 36.5 Å². The Balaban J connectivity index is 1.51. The fourth-order valence-corrected chi connectivity index (χ4v) is 2.50. The summed E-state index contributed by atoms with van der Waals surface area (Å²) in [6.45, 7) is 0.573. The lowest BCUT2D eigenvalue weighted by Crippen LogP contribution is -2.30. The van der Waals surface area contributed by atoms with E-state index in [4.69, 9.17) is 4.74 Å². The number of aromatic amines is 1. The van der Waals surface area contributed by atoms with Gasteiger partial charge >= 0.3 is 6.03 Å². The lowest BCUT2D eigenvalue weighted by Gasteiger charge is -2.08. The molecule has 3 aromatic rings. The first kappa shape index (κ1) is 15.0. The summed E-state index contributed by atoms with van der Waals surface area (Å²) in [5, 5.41) is 6.86. The molecule has 2 aromatic carbocycles. The molecule has 0 fully saturated rings. The number of urea groups is 1. The van der Waals surface area contributed by atoms with Gasteiger partial charge in [-0.2, -0.15) is 0 Å². The highest BCUT2D eigenvalue weighted by Crippen LogP contribution is 2.18. The Hall–Kier alpha value is -2.95. The van der Waals surface area contributed by atoms with Crippen LogP contribution in [0.4, 0.5) is 10.5 Å². The molecule has 23 heavy (non-hydrogen) atoms. The molecule has 0 radical (unpaired) electrons. The van der Waals surface area contributed by atoms with Crippen molar-refractivity contribution in [3.63, 3.8) is 0 Å². The molecule has 1 heterocycles. The van der Waals surface area contributed by atoms with Crippen LogP contribution < -0.4 is 15.4 Å². The smallest absolute Gasteiger partial charge is 0.319 e. The molecule has 3 rings (SSSR count).